The third-order valence-corrected chi connectivity index (χ3v) is 5.59. The summed E-state index contributed by atoms with van der Waals surface area (Å²) in [6.45, 7) is 7.43. The molecule has 27 heavy (non-hydrogen) atoms. The Morgan fingerprint density at radius 2 is 2.04 bits per heavy atom. The van der Waals surface area contributed by atoms with Crippen LogP contribution in [-0.4, -0.2) is 50.2 Å². The summed E-state index contributed by atoms with van der Waals surface area (Å²) >= 11 is 0. The normalized spacial score (nSPS) is 30.6. The predicted molar refractivity (Wildman–Crippen MR) is 103 cm³/mol. The second-order valence-corrected chi connectivity index (χ2v) is 7.75. The van der Waals surface area contributed by atoms with Gasteiger partial charge in [0.2, 0.25) is 0 Å². The van der Waals surface area contributed by atoms with E-state index in [1.807, 2.05) is 18.2 Å². The number of carbonyl (C=O) groups is 1. The molecule has 0 radical (unpaired) electrons. The molecular weight excluding hydrogens is 344 g/mol. The number of hydrogen-bond donors (Lipinski definition) is 0. The van der Waals surface area contributed by atoms with Crippen LogP contribution in [0.15, 0.2) is 42.0 Å². The summed E-state index contributed by atoms with van der Waals surface area (Å²) in [6.07, 6.45) is 3.02. The summed E-state index contributed by atoms with van der Waals surface area (Å²) in [7, 11) is 1.67. The van der Waals surface area contributed by atoms with Crippen LogP contribution in [-0.2, 0) is 18.9 Å². The lowest BCUT2D eigenvalue weighted by molar-refractivity contribution is -0.139. The van der Waals surface area contributed by atoms with Crippen molar-refractivity contribution >= 4 is 5.97 Å². The van der Waals surface area contributed by atoms with Crippen LogP contribution in [0.5, 0.6) is 0 Å². The van der Waals surface area contributed by atoms with Crippen molar-refractivity contribution in [2.24, 2.45) is 5.92 Å². The minimum absolute atomic E-state index is 0.0235. The van der Waals surface area contributed by atoms with Crippen LogP contribution in [0.1, 0.15) is 44.0 Å². The number of esters is 1. The van der Waals surface area contributed by atoms with E-state index in [4.69, 9.17) is 18.9 Å². The molecule has 1 saturated heterocycles. The van der Waals surface area contributed by atoms with Gasteiger partial charge in [0.05, 0.1) is 30.5 Å². The van der Waals surface area contributed by atoms with E-state index in [1.165, 1.54) is 5.57 Å². The lowest BCUT2D eigenvalue weighted by atomic mass is 9.73. The second-order valence-electron chi connectivity index (χ2n) is 7.75. The molecule has 2 aliphatic rings. The van der Waals surface area contributed by atoms with E-state index < -0.39 is 0 Å². The highest BCUT2D eigenvalue weighted by Crippen LogP contribution is 2.49. The van der Waals surface area contributed by atoms with Crippen molar-refractivity contribution in [1.29, 1.82) is 0 Å². The Balaban J connectivity index is 1.71. The molecule has 148 valence electrons. The van der Waals surface area contributed by atoms with Crippen LogP contribution in [0.25, 0.3) is 0 Å². The summed E-state index contributed by atoms with van der Waals surface area (Å²) in [5.74, 6) is -0.289. The number of epoxide rings is 1. The van der Waals surface area contributed by atoms with Gasteiger partial charge in [-0.05, 0) is 45.7 Å². The van der Waals surface area contributed by atoms with E-state index in [2.05, 4.69) is 26.8 Å². The number of methoxy groups -OCH3 is 1. The summed E-state index contributed by atoms with van der Waals surface area (Å²) in [5.41, 5.74) is 1.57. The summed E-state index contributed by atoms with van der Waals surface area (Å²) in [6, 6.07) is 9.08. The maximum absolute atomic E-state index is 12.5. The first-order valence-corrected chi connectivity index (χ1v) is 9.64. The van der Waals surface area contributed by atoms with Gasteiger partial charge in [0, 0.05) is 13.0 Å². The SMILES string of the molecule is CO[C@H]1[C@H]([C@H](C)OCC=C(C)C)[C@]2(CC[C@H]1OC(=O)c1ccccc1)CO2. The number of allylic oxidation sites excluding steroid dienone is 1. The van der Waals surface area contributed by atoms with E-state index in [0.717, 1.165) is 12.8 Å². The van der Waals surface area contributed by atoms with E-state index in [1.54, 1.807) is 19.2 Å². The minimum Gasteiger partial charge on any atom is -0.456 e. The molecule has 1 aromatic rings. The molecule has 0 aromatic heterocycles. The standard InChI is InChI=1S/C22H30O5/c1-15(2)11-13-25-16(3)19-20(24-4)18(10-12-22(19)14-26-22)27-21(23)17-8-6-5-7-9-17/h5-9,11,16,18-20H,10,12-14H2,1-4H3/t16-,18+,19-,20+,22-/m0/s1. The lowest BCUT2D eigenvalue weighted by Gasteiger charge is -2.43. The van der Waals surface area contributed by atoms with Crippen molar-refractivity contribution in [2.45, 2.75) is 57.5 Å². The molecule has 0 amide bonds. The molecule has 0 bridgehead atoms. The van der Waals surface area contributed by atoms with E-state index in [9.17, 15) is 4.79 Å². The monoisotopic (exact) mass is 374 g/mol. The van der Waals surface area contributed by atoms with Gasteiger partial charge in [-0.1, -0.05) is 29.8 Å². The Bertz CT molecular complexity index is 661. The first kappa shape index (κ1) is 20.1. The second kappa shape index (κ2) is 8.55. The average Bonchev–Trinajstić information content (AvgIpc) is 3.43. The summed E-state index contributed by atoms with van der Waals surface area (Å²) < 4.78 is 23.6. The number of rotatable bonds is 7. The fraction of sp³-hybridized carbons (Fsp3) is 0.591. The smallest absolute Gasteiger partial charge is 0.338 e. The van der Waals surface area contributed by atoms with Crippen LogP contribution >= 0.6 is 0 Å². The van der Waals surface area contributed by atoms with Crippen molar-refractivity contribution in [3.05, 3.63) is 47.5 Å². The quantitative estimate of drug-likeness (QED) is 0.413. The Hall–Kier alpha value is -1.69. The maximum atomic E-state index is 12.5. The fourth-order valence-electron chi connectivity index (χ4n) is 4.05. The Morgan fingerprint density at radius 3 is 2.63 bits per heavy atom. The van der Waals surface area contributed by atoms with Crippen LogP contribution in [0.2, 0.25) is 0 Å². The summed E-state index contributed by atoms with van der Waals surface area (Å²) in [5, 5.41) is 0. The van der Waals surface area contributed by atoms with Crippen molar-refractivity contribution in [2.75, 3.05) is 20.3 Å². The van der Waals surface area contributed by atoms with Crippen molar-refractivity contribution < 1.29 is 23.7 Å². The number of benzene rings is 1. The number of ether oxygens (including phenoxy) is 4. The third kappa shape index (κ3) is 4.60. The predicted octanol–water partition coefficient (Wildman–Crippen LogP) is 3.78. The van der Waals surface area contributed by atoms with E-state index >= 15 is 0 Å². The molecule has 1 aliphatic heterocycles. The first-order valence-electron chi connectivity index (χ1n) is 9.64. The van der Waals surface area contributed by atoms with Crippen LogP contribution in [0.4, 0.5) is 0 Å². The molecule has 5 nitrogen and oxygen atoms in total. The Morgan fingerprint density at radius 1 is 1.33 bits per heavy atom. The van der Waals surface area contributed by atoms with Crippen molar-refractivity contribution in [3.63, 3.8) is 0 Å². The fourth-order valence-corrected chi connectivity index (χ4v) is 4.05. The molecule has 1 spiro atoms. The van der Waals surface area contributed by atoms with Crippen molar-refractivity contribution in [3.8, 4) is 0 Å². The Labute approximate surface area is 161 Å². The van der Waals surface area contributed by atoms with Gasteiger partial charge in [-0.25, -0.2) is 4.79 Å². The molecular formula is C22H30O5. The van der Waals surface area contributed by atoms with Gasteiger partial charge in [0.15, 0.2) is 0 Å². The van der Waals surface area contributed by atoms with Gasteiger partial charge in [-0.3, -0.25) is 0 Å². The molecule has 3 rings (SSSR count). The van der Waals surface area contributed by atoms with Gasteiger partial charge in [-0.15, -0.1) is 0 Å². The zero-order valence-corrected chi connectivity index (χ0v) is 16.6. The lowest BCUT2D eigenvalue weighted by Crippen LogP contribution is -2.54. The van der Waals surface area contributed by atoms with Gasteiger partial charge in [0.1, 0.15) is 12.2 Å². The third-order valence-electron chi connectivity index (χ3n) is 5.59. The molecule has 0 N–H and O–H groups in total. The highest BCUT2D eigenvalue weighted by Gasteiger charge is 2.61. The number of hydrogen-bond acceptors (Lipinski definition) is 5. The highest BCUT2D eigenvalue weighted by molar-refractivity contribution is 5.89. The first-order chi connectivity index (χ1) is 13.0. The zero-order valence-electron chi connectivity index (χ0n) is 16.6. The number of carbonyl (C=O) groups excluding carboxylic acids is 1. The summed E-state index contributed by atoms with van der Waals surface area (Å²) in [4.78, 5) is 12.5. The largest absolute Gasteiger partial charge is 0.456 e. The van der Waals surface area contributed by atoms with Crippen LogP contribution < -0.4 is 0 Å². The molecule has 5 heteroatoms. The van der Waals surface area contributed by atoms with E-state index in [-0.39, 0.29) is 35.8 Å². The highest BCUT2D eigenvalue weighted by atomic mass is 16.6. The minimum atomic E-state index is -0.313. The zero-order chi connectivity index (χ0) is 19.4. The molecule has 1 heterocycles. The molecule has 1 aliphatic carbocycles. The molecule has 1 aromatic carbocycles. The molecule has 5 atom stereocenters. The molecule has 2 fully saturated rings. The van der Waals surface area contributed by atoms with Gasteiger partial charge >= 0.3 is 5.97 Å². The average molecular weight is 374 g/mol. The molecule has 0 unspecified atom stereocenters. The van der Waals surface area contributed by atoms with E-state index in [0.29, 0.717) is 18.8 Å². The van der Waals surface area contributed by atoms with Gasteiger partial charge < -0.3 is 18.9 Å². The Kier molecular flexibility index (Phi) is 6.35. The van der Waals surface area contributed by atoms with Crippen LogP contribution in [0.3, 0.4) is 0 Å². The van der Waals surface area contributed by atoms with Crippen molar-refractivity contribution in [1.82, 2.24) is 0 Å². The van der Waals surface area contributed by atoms with Gasteiger partial charge in [0.25, 0.3) is 0 Å². The van der Waals surface area contributed by atoms with Crippen LogP contribution in [0, 0.1) is 5.92 Å². The maximum Gasteiger partial charge on any atom is 0.338 e. The topological polar surface area (TPSA) is 57.3 Å². The molecule has 1 saturated carbocycles. The van der Waals surface area contributed by atoms with Gasteiger partial charge in [-0.2, -0.15) is 0 Å².